The van der Waals surface area contributed by atoms with E-state index >= 15 is 0 Å². The molecule has 0 aromatic carbocycles. The molecule has 0 heteroatoms. The average molecular weight is 240 g/mol. The minimum atomic E-state index is 0.528. The van der Waals surface area contributed by atoms with E-state index in [0.29, 0.717) is 5.41 Å². The first-order valence-electron chi connectivity index (χ1n) is 7.53. The first kappa shape index (κ1) is 12.0. The highest BCUT2D eigenvalue weighted by Gasteiger charge is 2.48. The van der Waals surface area contributed by atoms with E-state index in [1.807, 2.05) is 0 Å². The molecular weight excluding hydrogens is 216 g/mol. The Balaban J connectivity index is 2.02. The van der Waals surface area contributed by atoms with Crippen LogP contribution in [-0.4, -0.2) is 0 Å². The molecule has 0 aliphatic heterocycles. The van der Waals surface area contributed by atoms with Gasteiger partial charge in [-0.2, -0.15) is 0 Å². The maximum atomic E-state index is 2.42. The molecule has 0 amide bonds. The lowest BCUT2D eigenvalue weighted by molar-refractivity contribution is 0.210. The topological polar surface area (TPSA) is 0 Å². The Kier molecular flexibility index (Phi) is 3.05. The first-order valence-corrected chi connectivity index (χ1v) is 7.53. The molecule has 0 aromatic heterocycles. The molecule has 2 atom stereocenters. The van der Waals surface area contributed by atoms with Gasteiger partial charge in [0.05, 0.1) is 0 Å². The number of fused-ring (bicyclic) bond motifs is 1. The summed E-state index contributed by atoms with van der Waals surface area (Å²) in [6.07, 6.45) is 20.5. The van der Waals surface area contributed by atoms with Gasteiger partial charge in [0.2, 0.25) is 0 Å². The van der Waals surface area contributed by atoms with Crippen LogP contribution in [0.15, 0.2) is 47.6 Å². The molecule has 0 radical (unpaired) electrons. The Morgan fingerprint density at radius 1 is 1.11 bits per heavy atom. The van der Waals surface area contributed by atoms with Crippen molar-refractivity contribution in [2.45, 2.75) is 46.0 Å². The average Bonchev–Trinajstić information content (AvgIpc) is 3.03. The van der Waals surface area contributed by atoms with Gasteiger partial charge in [-0.15, -0.1) is 0 Å². The van der Waals surface area contributed by atoms with Crippen LogP contribution in [-0.2, 0) is 0 Å². The fraction of sp³-hybridized carbons (Fsp3) is 0.556. The standard InChI is InChI=1S/C18H24/c1-3-18(4-2)13-15-11-7-8-12-16(15)17(18)14-9-5-6-10-14/h5-9,12,15,17H,3-4,10-11,13H2,1-2H3. The van der Waals surface area contributed by atoms with Crippen LogP contribution in [0.5, 0.6) is 0 Å². The van der Waals surface area contributed by atoms with Gasteiger partial charge < -0.3 is 0 Å². The summed E-state index contributed by atoms with van der Waals surface area (Å²) in [5.41, 5.74) is 3.93. The van der Waals surface area contributed by atoms with Crippen molar-refractivity contribution in [2.75, 3.05) is 0 Å². The quantitative estimate of drug-likeness (QED) is 0.636. The first-order chi connectivity index (χ1) is 8.80. The smallest absolute Gasteiger partial charge is 0.00757 e. The van der Waals surface area contributed by atoms with Crippen LogP contribution in [0, 0.1) is 17.3 Å². The van der Waals surface area contributed by atoms with Crippen molar-refractivity contribution in [3.63, 3.8) is 0 Å². The number of hydrogen-bond donors (Lipinski definition) is 0. The van der Waals surface area contributed by atoms with E-state index in [0.717, 1.165) is 11.8 Å². The number of allylic oxidation sites excluding steroid dienone is 8. The molecule has 3 aliphatic rings. The third-order valence-electron chi connectivity index (χ3n) is 5.49. The van der Waals surface area contributed by atoms with Crippen molar-refractivity contribution in [3.05, 3.63) is 47.6 Å². The molecule has 3 aliphatic carbocycles. The van der Waals surface area contributed by atoms with Crippen LogP contribution in [0.2, 0.25) is 0 Å². The molecule has 3 rings (SSSR count). The second-order valence-corrected chi connectivity index (χ2v) is 6.11. The van der Waals surface area contributed by atoms with Crippen molar-refractivity contribution >= 4 is 0 Å². The highest BCUT2D eigenvalue weighted by atomic mass is 14.5. The molecule has 18 heavy (non-hydrogen) atoms. The highest BCUT2D eigenvalue weighted by Crippen LogP contribution is 2.59. The van der Waals surface area contributed by atoms with Gasteiger partial charge in [0.25, 0.3) is 0 Å². The normalized spacial score (nSPS) is 32.3. The summed E-state index contributed by atoms with van der Waals surface area (Å²) in [6.45, 7) is 4.79. The van der Waals surface area contributed by atoms with Crippen LogP contribution < -0.4 is 0 Å². The van der Waals surface area contributed by atoms with Gasteiger partial charge in [0.15, 0.2) is 0 Å². The molecule has 0 N–H and O–H groups in total. The fourth-order valence-electron chi connectivity index (χ4n) is 4.42. The molecular formula is C18H24. The summed E-state index contributed by atoms with van der Waals surface area (Å²) >= 11 is 0. The zero-order valence-corrected chi connectivity index (χ0v) is 11.7. The molecule has 1 saturated carbocycles. The Bertz CT molecular complexity index is 441. The number of rotatable bonds is 3. The second-order valence-electron chi connectivity index (χ2n) is 6.11. The highest BCUT2D eigenvalue weighted by molar-refractivity contribution is 5.40. The largest absolute Gasteiger partial charge is 0.0839 e. The van der Waals surface area contributed by atoms with E-state index in [1.54, 1.807) is 11.1 Å². The summed E-state index contributed by atoms with van der Waals surface area (Å²) in [7, 11) is 0. The van der Waals surface area contributed by atoms with Crippen molar-refractivity contribution in [2.24, 2.45) is 17.3 Å². The van der Waals surface area contributed by atoms with Crippen LogP contribution in [0.4, 0.5) is 0 Å². The fourth-order valence-corrected chi connectivity index (χ4v) is 4.42. The van der Waals surface area contributed by atoms with Gasteiger partial charge >= 0.3 is 0 Å². The van der Waals surface area contributed by atoms with Crippen molar-refractivity contribution in [1.82, 2.24) is 0 Å². The molecule has 0 aromatic rings. The minimum Gasteiger partial charge on any atom is -0.0839 e. The number of hydrogen-bond acceptors (Lipinski definition) is 0. The van der Waals surface area contributed by atoms with Crippen molar-refractivity contribution in [1.29, 1.82) is 0 Å². The van der Waals surface area contributed by atoms with E-state index in [4.69, 9.17) is 0 Å². The summed E-state index contributed by atoms with van der Waals surface area (Å²) in [5, 5.41) is 0. The summed E-state index contributed by atoms with van der Waals surface area (Å²) in [6, 6.07) is 0. The molecule has 1 fully saturated rings. The zero-order valence-electron chi connectivity index (χ0n) is 11.7. The Labute approximate surface area is 111 Å². The SMILES string of the molecule is CCC1(CC)CC2CC=CC=C2C1C1=CC=CC1. The molecule has 0 bridgehead atoms. The van der Waals surface area contributed by atoms with Crippen LogP contribution in [0.1, 0.15) is 46.0 Å². The summed E-state index contributed by atoms with van der Waals surface area (Å²) in [5.74, 6) is 1.54. The molecule has 96 valence electrons. The van der Waals surface area contributed by atoms with Crippen molar-refractivity contribution < 1.29 is 0 Å². The lowest BCUT2D eigenvalue weighted by atomic mass is 9.69. The zero-order chi connectivity index (χ0) is 12.6. The van der Waals surface area contributed by atoms with Gasteiger partial charge in [-0.3, -0.25) is 0 Å². The van der Waals surface area contributed by atoms with Crippen LogP contribution >= 0.6 is 0 Å². The Hall–Kier alpha value is -1.04. The Morgan fingerprint density at radius 3 is 2.56 bits per heavy atom. The van der Waals surface area contributed by atoms with E-state index in [-0.39, 0.29) is 0 Å². The van der Waals surface area contributed by atoms with E-state index in [9.17, 15) is 0 Å². The summed E-state index contributed by atoms with van der Waals surface area (Å²) in [4.78, 5) is 0. The monoisotopic (exact) mass is 240 g/mol. The van der Waals surface area contributed by atoms with Crippen LogP contribution in [0.25, 0.3) is 0 Å². The van der Waals surface area contributed by atoms with Gasteiger partial charge in [-0.05, 0) is 43.4 Å². The lowest BCUT2D eigenvalue weighted by Crippen LogP contribution is -2.26. The van der Waals surface area contributed by atoms with Gasteiger partial charge in [-0.25, -0.2) is 0 Å². The molecule has 0 heterocycles. The molecule has 0 saturated heterocycles. The Morgan fingerprint density at radius 2 is 1.89 bits per heavy atom. The third-order valence-corrected chi connectivity index (χ3v) is 5.49. The second kappa shape index (κ2) is 4.57. The van der Waals surface area contributed by atoms with E-state index in [2.05, 4.69) is 50.3 Å². The van der Waals surface area contributed by atoms with Gasteiger partial charge in [-0.1, -0.05) is 61.4 Å². The molecule has 0 spiro atoms. The van der Waals surface area contributed by atoms with Gasteiger partial charge in [0, 0.05) is 5.92 Å². The van der Waals surface area contributed by atoms with E-state index in [1.165, 1.54) is 32.1 Å². The predicted molar refractivity (Wildman–Crippen MR) is 78.3 cm³/mol. The maximum absolute atomic E-state index is 2.42. The maximum Gasteiger partial charge on any atom is 0.00757 e. The molecule has 0 nitrogen and oxygen atoms in total. The van der Waals surface area contributed by atoms with E-state index < -0.39 is 0 Å². The van der Waals surface area contributed by atoms with Gasteiger partial charge in [0.1, 0.15) is 0 Å². The third kappa shape index (κ3) is 1.66. The summed E-state index contributed by atoms with van der Waals surface area (Å²) < 4.78 is 0. The predicted octanol–water partition coefficient (Wildman–Crippen LogP) is 5.20. The van der Waals surface area contributed by atoms with Crippen LogP contribution in [0.3, 0.4) is 0 Å². The minimum absolute atomic E-state index is 0.528. The van der Waals surface area contributed by atoms with Crippen molar-refractivity contribution in [3.8, 4) is 0 Å². The lowest BCUT2D eigenvalue weighted by Gasteiger charge is -2.35. The molecule has 2 unspecified atom stereocenters.